The maximum Gasteiger partial charge on any atom is 0.152 e. The average Bonchev–Trinajstić information content (AvgIpc) is 3.20. The van der Waals surface area contributed by atoms with Crippen molar-refractivity contribution in [3.05, 3.63) is 41.3 Å². The first-order valence-electron chi connectivity index (χ1n) is 10.8. The molecule has 0 bridgehead atoms. The zero-order valence-electron chi connectivity index (χ0n) is 17.6. The first kappa shape index (κ1) is 20.0. The molecule has 6 heteroatoms. The molecular weight excluding hydrogens is 364 g/mol. The van der Waals surface area contributed by atoms with Crippen LogP contribution in [0.2, 0.25) is 0 Å². The van der Waals surface area contributed by atoms with E-state index in [1.807, 2.05) is 12.1 Å². The van der Waals surface area contributed by atoms with Crippen LogP contribution < -0.4 is 9.64 Å². The molecule has 0 atom stereocenters. The Bertz CT molecular complexity index is 809. The van der Waals surface area contributed by atoms with Gasteiger partial charge >= 0.3 is 0 Å². The Labute approximate surface area is 173 Å². The third kappa shape index (κ3) is 5.00. The van der Waals surface area contributed by atoms with Crippen LogP contribution in [0.1, 0.15) is 43.8 Å². The minimum absolute atomic E-state index is 0.611. The maximum absolute atomic E-state index is 5.95. The number of aromatic amines is 1. The van der Waals surface area contributed by atoms with E-state index in [1.165, 1.54) is 5.69 Å². The smallest absolute Gasteiger partial charge is 0.152 e. The zero-order chi connectivity index (χ0) is 20.1. The fourth-order valence-corrected chi connectivity index (χ4v) is 3.89. The number of rotatable bonds is 7. The molecule has 156 valence electrons. The molecule has 6 nitrogen and oxygen atoms in total. The highest BCUT2D eigenvalue weighted by Gasteiger charge is 2.23. The van der Waals surface area contributed by atoms with Crippen molar-refractivity contribution >= 4 is 18.0 Å². The van der Waals surface area contributed by atoms with Crippen LogP contribution in [-0.2, 0) is 11.3 Å². The number of aromatic nitrogens is 2. The van der Waals surface area contributed by atoms with Gasteiger partial charge in [-0.2, -0.15) is 0 Å². The fraction of sp³-hybridized carbons (Fsp3) is 0.522. The van der Waals surface area contributed by atoms with Crippen LogP contribution in [0.15, 0.2) is 24.3 Å². The van der Waals surface area contributed by atoms with E-state index in [4.69, 9.17) is 14.5 Å². The number of benzene rings is 1. The average molecular weight is 397 g/mol. The van der Waals surface area contributed by atoms with E-state index in [9.17, 15) is 0 Å². The van der Waals surface area contributed by atoms with Crippen LogP contribution in [0.5, 0.6) is 5.75 Å². The monoisotopic (exact) mass is 396 g/mol. The number of hydrogen-bond donors (Lipinski definition) is 1. The van der Waals surface area contributed by atoms with Crippen LogP contribution in [-0.4, -0.2) is 54.4 Å². The number of nitrogens with zero attached hydrogens (tertiary/aromatic N) is 3. The summed E-state index contributed by atoms with van der Waals surface area (Å²) >= 11 is 0. The van der Waals surface area contributed by atoms with Crippen LogP contribution in [0.3, 0.4) is 0 Å². The molecule has 0 aliphatic carbocycles. The van der Waals surface area contributed by atoms with Crippen LogP contribution in [0.25, 0.3) is 12.2 Å². The first-order chi connectivity index (χ1) is 14.2. The summed E-state index contributed by atoms with van der Waals surface area (Å²) in [6, 6.07) is 8.28. The Morgan fingerprint density at radius 3 is 2.66 bits per heavy atom. The molecule has 0 spiro atoms. The number of imidazole rings is 1. The topological polar surface area (TPSA) is 53.6 Å². The Balaban J connectivity index is 1.36. The predicted octanol–water partition coefficient (Wildman–Crippen LogP) is 4.00. The van der Waals surface area contributed by atoms with Gasteiger partial charge in [0.25, 0.3) is 0 Å². The predicted molar refractivity (Wildman–Crippen MR) is 117 cm³/mol. The molecule has 1 N–H and O–H groups in total. The molecule has 3 heterocycles. The molecule has 0 radical (unpaired) electrons. The van der Waals surface area contributed by atoms with Gasteiger partial charge in [0, 0.05) is 26.3 Å². The Hall–Kier alpha value is -2.31. The number of hydrogen-bond acceptors (Lipinski definition) is 5. The molecule has 2 aromatic rings. The lowest BCUT2D eigenvalue weighted by Gasteiger charge is -2.34. The van der Waals surface area contributed by atoms with Gasteiger partial charge in [0.1, 0.15) is 11.6 Å². The van der Waals surface area contributed by atoms with Crippen LogP contribution in [0, 0.1) is 5.92 Å². The number of nitrogens with one attached hydrogen (secondary N) is 1. The van der Waals surface area contributed by atoms with Gasteiger partial charge in [0.05, 0.1) is 19.0 Å². The second-order valence-corrected chi connectivity index (χ2v) is 7.84. The molecule has 1 aromatic carbocycles. The largest absolute Gasteiger partial charge is 0.493 e. The summed E-state index contributed by atoms with van der Waals surface area (Å²) < 4.78 is 11.4. The summed E-state index contributed by atoms with van der Waals surface area (Å²) in [5, 5.41) is 0. The SMILES string of the molecule is CCN1Cc2[nH]c(/C=C/c3ccc(OCC4CCOCC4)cc3)nc2N(CC)C1. The summed E-state index contributed by atoms with van der Waals surface area (Å²) in [4.78, 5) is 13.0. The number of fused-ring (bicyclic) bond motifs is 1. The lowest BCUT2D eigenvalue weighted by Crippen LogP contribution is -2.42. The number of anilines is 1. The number of H-pyrrole nitrogens is 1. The van der Waals surface area contributed by atoms with Crippen LogP contribution >= 0.6 is 0 Å². The summed E-state index contributed by atoms with van der Waals surface area (Å²) in [5.41, 5.74) is 2.34. The van der Waals surface area contributed by atoms with Crippen molar-refractivity contribution in [2.24, 2.45) is 5.92 Å². The van der Waals surface area contributed by atoms with E-state index in [-0.39, 0.29) is 0 Å². The maximum atomic E-state index is 5.95. The van der Waals surface area contributed by atoms with Crippen molar-refractivity contribution in [1.82, 2.24) is 14.9 Å². The highest BCUT2D eigenvalue weighted by Crippen LogP contribution is 2.25. The van der Waals surface area contributed by atoms with Gasteiger partial charge in [0.15, 0.2) is 5.82 Å². The van der Waals surface area contributed by atoms with E-state index in [2.05, 4.69) is 52.9 Å². The van der Waals surface area contributed by atoms with Crippen molar-refractivity contribution in [2.75, 3.05) is 44.5 Å². The van der Waals surface area contributed by atoms with E-state index in [0.29, 0.717) is 5.92 Å². The van der Waals surface area contributed by atoms with E-state index >= 15 is 0 Å². The normalized spacial score (nSPS) is 18.3. The molecule has 1 fully saturated rings. The lowest BCUT2D eigenvalue weighted by atomic mass is 10.0. The van der Waals surface area contributed by atoms with E-state index < -0.39 is 0 Å². The third-order valence-corrected chi connectivity index (χ3v) is 5.80. The standard InChI is InChI=1S/C23H32N4O2/c1-3-26-15-21-23(27(4-2)17-26)25-22(24-21)10-7-18-5-8-20(9-6-18)29-16-19-11-13-28-14-12-19/h5-10,19H,3-4,11-17H2,1-2H3,(H,24,25)/b10-7+. The second-order valence-electron chi connectivity index (χ2n) is 7.84. The zero-order valence-corrected chi connectivity index (χ0v) is 17.6. The molecular formula is C23H32N4O2. The van der Waals surface area contributed by atoms with Crippen molar-refractivity contribution in [1.29, 1.82) is 0 Å². The van der Waals surface area contributed by atoms with E-state index in [0.717, 1.165) is 81.9 Å². The molecule has 0 saturated carbocycles. The van der Waals surface area contributed by atoms with Gasteiger partial charge in [-0.1, -0.05) is 25.1 Å². The molecule has 4 rings (SSSR count). The molecule has 2 aliphatic heterocycles. The van der Waals surface area contributed by atoms with Crippen molar-refractivity contribution in [3.63, 3.8) is 0 Å². The molecule has 29 heavy (non-hydrogen) atoms. The summed E-state index contributed by atoms with van der Waals surface area (Å²) in [7, 11) is 0. The number of ether oxygens (including phenoxy) is 2. The Morgan fingerprint density at radius 2 is 1.93 bits per heavy atom. The summed E-state index contributed by atoms with van der Waals surface area (Å²) in [6.07, 6.45) is 6.35. The first-order valence-corrected chi connectivity index (χ1v) is 10.8. The van der Waals surface area contributed by atoms with Crippen molar-refractivity contribution in [2.45, 2.75) is 33.2 Å². The third-order valence-electron chi connectivity index (χ3n) is 5.80. The van der Waals surface area contributed by atoms with Gasteiger partial charge in [-0.15, -0.1) is 0 Å². The Morgan fingerprint density at radius 1 is 1.14 bits per heavy atom. The molecule has 2 aliphatic rings. The summed E-state index contributed by atoms with van der Waals surface area (Å²) in [5.74, 6) is 3.54. The minimum Gasteiger partial charge on any atom is -0.493 e. The van der Waals surface area contributed by atoms with Gasteiger partial charge in [-0.25, -0.2) is 4.98 Å². The molecule has 0 amide bonds. The highest BCUT2D eigenvalue weighted by molar-refractivity contribution is 5.68. The van der Waals surface area contributed by atoms with Crippen LogP contribution in [0.4, 0.5) is 5.82 Å². The molecule has 1 saturated heterocycles. The van der Waals surface area contributed by atoms with Gasteiger partial charge in [-0.05, 0) is 56.0 Å². The molecule has 1 aromatic heterocycles. The highest BCUT2D eigenvalue weighted by atomic mass is 16.5. The lowest BCUT2D eigenvalue weighted by molar-refractivity contribution is 0.0497. The quantitative estimate of drug-likeness (QED) is 0.767. The minimum atomic E-state index is 0.611. The molecule has 0 unspecified atom stereocenters. The van der Waals surface area contributed by atoms with Gasteiger partial charge in [0.2, 0.25) is 0 Å². The second kappa shape index (κ2) is 9.46. The van der Waals surface area contributed by atoms with Crippen molar-refractivity contribution in [3.8, 4) is 5.75 Å². The fourth-order valence-electron chi connectivity index (χ4n) is 3.89. The van der Waals surface area contributed by atoms with Crippen molar-refractivity contribution < 1.29 is 9.47 Å². The van der Waals surface area contributed by atoms with E-state index in [1.54, 1.807) is 0 Å². The summed E-state index contributed by atoms with van der Waals surface area (Å²) in [6.45, 7) is 10.8. The Kier molecular flexibility index (Phi) is 6.52. The van der Waals surface area contributed by atoms with Gasteiger partial charge < -0.3 is 19.4 Å². The van der Waals surface area contributed by atoms with Gasteiger partial charge in [-0.3, -0.25) is 4.90 Å².